The predicted octanol–water partition coefficient (Wildman–Crippen LogP) is 1.14. The van der Waals surface area contributed by atoms with Crippen molar-refractivity contribution in [2.24, 2.45) is 5.92 Å². The SMILES string of the molecule is Cc1ncc([N+](=O)[O-])n1CCOC(=O)N1CCC(C(=O)N2CCC(=O)CC2)CC1. The van der Waals surface area contributed by atoms with Gasteiger partial charge in [-0.25, -0.2) is 14.3 Å². The number of aromatic nitrogens is 2. The van der Waals surface area contributed by atoms with Crippen LogP contribution in [0.2, 0.25) is 0 Å². The summed E-state index contributed by atoms with van der Waals surface area (Å²) in [7, 11) is 0. The number of amides is 2. The molecule has 2 aliphatic heterocycles. The second-order valence-electron chi connectivity index (χ2n) is 7.31. The minimum absolute atomic E-state index is 0.00244. The summed E-state index contributed by atoms with van der Waals surface area (Å²) in [6, 6.07) is 0. The van der Waals surface area contributed by atoms with Gasteiger partial charge in [-0.05, 0) is 17.8 Å². The number of ether oxygens (including phenoxy) is 1. The number of piperidine rings is 2. The number of ketones is 1. The first-order chi connectivity index (χ1) is 13.9. The highest BCUT2D eigenvalue weighted by Crippen LogP contribution is 2.22. The highest BCUT2D eigenvalue weighted by molar-refractivity contribution is 5.84. The van der Waals surface area contributed by atoms with E-state index >= 15 is 0 Å². The molecule has 11 nitrogen and oxygen atoms in total. The van der Waals surface area contributed by atoms with Gasteiger partial charge in [0.1, 0.15) is 25.1 Å². The van der Waals surface area contributed by atoms with Crippen molar-refractivity contribution in [2.45, 2.75) is 39.2 Å². The van der Waals surface area contributed by atoms with E-state index in [1.807, 2.05) is 0 Å². The number of hydrogen-bond donors (Lipinski definition) is 0. The van der Waals surface area contributed by atoms with E-state index < -0.39 is 11.0 Å². The number of nitro groups is 1. The molecule has 0 N–H and O–H groups in total. The smallest absolute Gasteiger partial charge is 0.409 e. The summed E-state index contributed by atoms with van der Waals surface area (Å²) in [4.78, 5) is 53.8. The minimum Gasteiger partial charge on any atom is -0.445 e. The van der Waals surface area contributed by atoms with E-state index in [9.17, 15) is 24.5 Å². The molecule has 0 aromatic carbocycles. The lowest BCUT2D eigenvalue weighted by Gasteiger charge is -2.34. The van der Waals surface area contributed by atoms with Crippen LogP contribution in [0.1, 0.15) is 31.5 Å². The van der Waals surface area contributed by atoms with Gasteiger partial charge in [-0.3, -0.25) is 9.59 Å². The van der Waals surface area contributed by atoms with Crippen LogP contribution < -0.4 is 0 Å². The molecule has 11 heteroatoms. The molecule has 0 radical (unpaired) electrons. The van der Waals surface area contributed by atoms with Crippen LogP contribution in [0, 0.1) is 23.0 Å². The van der Waals surface area contributed by atoms with Crippen LogP contribution in [0.4, 0.5) is 10.6 Å². The number of imidazole rings is 1. The second kappa shape index (κ2) is 9.01. The van der Waals surface area contributed by atoms with E-state index in [2.05, 4.69) is 4.98 Å². The van der Waals surface area contributed by atoms with Crippen molar-refractivity contribution < 1.29 is 24.0 Å². The number of likely N-dealkylation sites (tertiary alicyclic amines) is 2. The number of aryl methyl sites for hydroxylation is 1. The Morgan fingerprint density at radius 3 is 2.48 bits per heavy atom. The first kappa shape index (κ1) is 20.7. The fourth-order valence-electron chi connectivity index (χ4n) is 3.74. The van der Waals surface area contributed by atoms with Gasteiger partial charge in [0.15, 0.2) is 5.82 Å². The Morgan fingerprint density at radius 2 is 1.86 bits per heavy atom. The molecule has 0 atom stereocenters. The summed E-state index contributed by atoms with van der Waals surface area (Å²) in [5.74, 6) is 0.462. The van der Waals surface area contributed by atoms with Crippen molar-refractivity contribution in [3.8, 4) is 0 Å². The van der Waals surface area contributed by atoms with Gasteiger partial charge in [-0.15, -0.1) is 0 Å². The van der Waals surface area contributed by atoms with Gasteiger partial charge >= 0.3 is 11.9 Å². The van der Waals surface area contributed by atoms with Crippen molar-refractivity contribution in [2.75, 3.05) is 32.8 Å². The molecular weight excluding hydrogens is 382 g/mol. The summed E-state index contributed by atoms with van der Waals surface area (Å²) in [6.07, 6.45) is 2.66. The van der Waals surface area contributed by atoms with E-state index in [4.69, 9.17) is 4.74 Å². The summed E-state index contributed by atoms with van der Waals surface area (Å²) in [5, 5.41) is 11.0. The monoisotopic (exact) mass is 407 g/mol. The van der Waals surface area contributed by atoms with Crippen LogP contribution in [0.25, 0.3) is 0 Å². The molecule has 1 aromatic rings. The Bertz CT molecular complexity index is 789. The summed E-state index contributed by atoms with van der Waals surface area (Å²) in [5.41, 5.74) is 0. The molecule has 0 bridgehead atoms. The third-order valence-electron chi connectivity index (χ3n) is 5.50. The van der Waals surface area contributed by atoms with Gasteiger partial charge in [0.2, 0.25) is 5.91 Å². The van der Waals surface area contributed by atoms with Crippen molar-refractivity contribution in [3.63, 3.8) is 0 Å². The van der Waals surface area contributed by atoms with E-state index in [-0.39, 0.29) is 36.6 Å². The van der Waals surface area contributed by atoms with Crippen LogP contribution in [0.15, 0.2) is 6.20 Å². The van der Waals surface area contributed by atoms with Crippen LogP contribution >= 0.6 is 0 Å². The second-order valence-corrected chi connectivity index (χ2v) is 7.31. The van der Waals surface area contributed by atoms with Crippen molar-refractivity contribution in [1.82, 2.24) is 19.4 Å². The van der Waals surface area contributed by atoms with Crippen LogP contribution in [0.5, 0.6) is 0 Å². The largest absolute Gasteiger partial charge is 0.445 e. The first-order valence-corrected chi connectivity index (χ1v) is 9.75. The minimum atomic E-state index is -0.526. The standard InChI is InChI=1S/C18H25N5O6/c1-13-19-12-16(23(27)28)22(13)10-11-29-18(26)21-6-2-14(3-7-21)17(25)20-8-4-15(24)5-9-20/h12,14H,2-11H2,1H3. The zero-order valence-corrected chi connectivity index (χ0v) is 16.4. The average Bonchev–Trinajstić information content (AvgIpc) is 3.09. The maximum absolute atomic E-state index is 12.6. The fraction of sp³-hybridized carbons (Fsp3) is 0.667. The van der Waals surface area contributed by atoms with Gasteiger partial charge in [0.25, 0.3) is 0 Å². The van der Waals surface area contributed by atoms with E-state index in [1.165, 1.54) is 10.8 Å². The van der Waals surface area contributed by atoms with Gasteiger partial charge in [0, 0.05) is 51.9 Å². The highest BCUT2D eigenvalue weighted by Gasteiger charge is 2.32. The number of Topliss-reactive ketones (excluding diaryl/α,β-unsaturated/α-hetero) is 1. The number of hydrogen-bond acceptors (Lipinski definition) is 7. The quantitative estimate of drug-likeness (QED) is 0.529. The Kier molecular flexibility index (Phi) is 6.45. The third-order valence-corrected chi connectivity index (χ3v) is 5.50. The highest BCUT2D eigenvalue weighted by atomic mass is 16.6. The lowest BCUT2D eigenvalue weighted by molar-refractivity contribution is -0.392. The van der Waals surface area contributed by atoms with E-state index in [1.54, 1.807) is 16.7 Å². The number of nitrogens with zero attached hydrogens (tertiary/aromatic N) is 5. The molecule has 0 unspecified atom stereocenters. The Balaban J connectivity index is 1.42. The van der Waals surface area contributed by atoms with Crippen molar-refractivity contribution >= 4 is 23.6 Å². The lowest BCUT2D eigenvalue weighted by atomic mass is 9.94. The number of rotatable bonds is 5. The molecule has 3 heterocycles. The number of carbonyl (C=O) groups is 3. The van der Waals surface area contributed by atoms with E-state index in [0.717, 1.165) is 0 Å². The van der Waals surface area contributed by atoms with Gasteiger partial charge < -0.3 is 24.7 Å². The molecule has 29 heavy (non-hydrogen) atoms. The molecule has 3 rings (SSSR count). The summed E-state index contributed by atoms with van der Waals surface area (Å²) in [6.45, 7) is 3.61. The molecule has 158 valence electrons. The molecule has 1 aromatic heterocycles. The Labute approximate surface area is 167 Å². The summed E-state index contributed by atoms with van der Waals surface area (Å²) < 4.78 is 6.64. The van der Waals surface area contributed by atoms with Crippen LogP contribution in [-0.2, 0) is 20.9 Å². The fourth-order valence-corrected chi connectivity index (χ4v) is 3.74. The van der Waals surface area contributed by atoms with Crippen LogP contribution in [0.3, 0.4) is 0 Å². The topological polar surface area (TPSA) is 128 Å². The first-order valence-electron chi connectivity index (χ1n) is 9.75. The average molecular weight is 407 g/mol. The molecule has 0 spiro atoms. The van der Waals surface area contributed by atoms with E-state index in [0.29, 0.717) is 57.7 Å². The third kappa shape index (κ3) is 4.90. The molecule has 2 saturated heterocycles. The van der Waals surface area contributed by atoms with Gasteiger partial charge in [0.05, 0.1) is 0 Å². The molecule has 2 aliphatic rings. The van der Waals surface area contributed by atoms with Crippen LogP contribution in [-0.4, -0.2) is 74.8 Å². The predicted molar refractivity (Wildman–Crippen MR) is 100 cm³/mol. The Morgan fingerprint density at radius 1 is 1.21 bits per heavy atom. The number of carbonyl (C=O) groups excluding carboxylic acids is 3. The maximum Gasteiger partial charge on any atom is 0.409 e. The molecular formula is C18H25N5O6. The van der Waals surface area contributed by atoms with Gasteiger partial charge in [-0.2, -0.15) is 0 Å². The normalized spacial score (nSPS) is 18.0. The van der Waals surface area contributed by atoms with Crippen molar-refractivity contribution in [1.29, 1.82) is 0 Å². The van der Waals surface area contributed by atoms with Crippen molar-refractivity contribution in [3.05, 3.63) is 22.1 Å². The summed E-state index contributed by atoms with van der Waals surface area (Å²) >= 11 is 0. The Hall–Kier alpha value is -2.98. The zero-order valence-electron chi connectivity index (χ0n) is 16.4. The molecule has 2 amide bonds. The molecule has 0 aliphatic carbocycles. The zero-order chi connectivity index (χ0) is 21.0. The molecule has 0 saturated carbocycles. The maximum atomic E-state index is 12.6. The lowest BCUT2D eigenvalue weighted by Crippen LogP contribution is -2.46. The van der Waals surface area contributed by atoms with Gasteiger partial charge in [-0.1, -0.05) is 0 Å². The molecule has 2 fully saturated rings.